The van der Waals surface area contributed by atoms with Crippen molar-refractivity contribution < 1.29 is 4.92 Å². The third-order valence-corrected chi connectivity index (χ3v) is 3.97. The standard InChI is InChI=1S/C18H16ClN5O2/c1-11-4-3-5-14(8-11)22-17-16(24(25)26)18(21-10-20-17)23-15-9-13(19)7-6-12(15)2/h3-10H,1-2H3,(H2,20,21,22,23). The van der Waals surface area contributed by atoms with Crippen LogP contribution in [0.25, 0.3) is 0 Å². The van der Waals surface area contributed by atoms with Gasteiger partial charge in [-0.1, -0.05) is 29.8 Å². The molecule has 2 N–H and O–H groups in total. The fraction of sp³-hybridized carbons (Fsp3) is 0.111. The van der Waals surface area contributed by atoms with Gasteiger partial charge in [0.05, 0.1) is 4.92 Å². The summed E-state index contributed by atoms with van der Waals surface area (Å²) >= 11 is 6.02. The summed E-state index contributed by atoms with van der Waals surface area (Å²) in [5.41, 5.74) is 3.01. The Morgan fingerprint density at radius 2 is 1.77 bits per heavy atom. The molecule has 0 unspecified atom stereocenters. The fourth-order valence-electron chi connectivity index (χ4n) is 2.45. The zero-order valence-corrected chi connectivity index (χ0v) is 14.9. The second-order valence-corrected chi connectivity index (χ2v) is 6.19. The Kier molecular flexibility index (Phi) is 4.99. The lowest BCUT2D eigenvalue weighted by Crippen LogP contribution is -2.06. The predicted octanol–water partition coefficient (Wildman–Crippen LogP) is 5.14. The van der Waals surface area contributed by atoms with Crippen LogP contribution in [0.3, 0.4) is 0 Å². The van der Waals surface area contributed by atoms with E-state index < -0.39 is 4.92 Å². The van der Waals surface area contributed by atoms with Gasteiger partial charge in [-0.3, -0.25) is 10.1 Å². The highest BCUT2D eigenvalue weighted by Gasteiger charge is 2.23. The molecule has 0 aliphatic heterocycles. The molecule has 0 saturated heterocycles. The van der Waals surface area contributed by atoms with E-state index in [0.29, 0.717) is 16.4 Å². The zero-order valence-electron chi connectivity index (χ0n) is 14.2. The summed E-state index contributed by atoms with van der Waals surface area (Å²) in [6, 6.07) is 12.8. The van der Waals surface area contributed by atoms with E-state index in [9.17, 15) is 10.1 Å². The summed E-state index contributed by atoms with van der Waals surface area (Å²) in [5.74, 6) is 0.198. The van der Waals surface area contributed by atoms with Gasteiger partial charge in [0.25, 0.3) is 0 Å². The van der Waals surface area contributed by atoms with Crippen LogP contribution in [0, 0.1) is 24.0 Å². The van der Waals surface area contributed by atoms with Gasteiger partial charge in [0.1, 0.15) is 6.33 Å². The van der Waals surface area contributed by atoms with Gasteiger partial charge in [0.15, 0.2) is 0 Å². The van der Waals surface area contributed by atoms with E-state index in [4.69, 9.17) is 11.6 Å². The number of benzene rings is 2. The van der Waals surface area contributed by atoms with Gasteiger partial charge in [-0.15, -0.1) is 0 Å². The molecule has 132 valence electrons. The molecule has 3 rings (SSSR count). The molecule has 0 aliphatic rings. The van der Waals surface area contributed by atoms with E-state index >= 15 is 0 Å². The van der Waals surface area contributed by atoms with E-state index in [1.54, 1.807) is 12.1 Å². The maximum absolute atomic E-state index is 11.7. The lowest BCUT2D eigenvalue weighted by atomic mass is 10.2. The van der Waals surface area contributed by atoms with Gasteiger partial charge in [-0.25, -0.2) is 9.97 Å². The van der Waals surface area contributed by atoms with Crippen LogP contribution in [-0.4, -0.2) is 14.9 Å². The summed E-state index contributed by atoms with van der Waals surface area (Å²) in [5, 5.41) is 18.2. The number of aromatic nitrogens is 2. The molecule has 26 heavy (non-hydrogen) atoms. The number of halogens is 1. The number of aryl methyl sites for hydroxylation is 2. The number of hydrogen-bond donors (Lipinski definition) is 2. The second-order valence-electron chi connectivity index (χ2n) is 5.76. The molecule has 0 saturated carbocycles. The van der Waals surface area contributed by atoms with Gasteiger partial charge in [-0.05, 0) is 49.2 Å². The summed E-state index contributed by atoms with van der Waals surface area (Å²) < 4.78 is 0. The normalized spacial score (nSPS) is 10.4. The molecule has 1 aromatic heterocycles. The molecule has 0 spiro atoms. The summed E-state index contributed by atoms with van der Waals surface area (Å²) in [6.07, 6.45) is 1.27. The van der Waals surface area contributed by atoms with Crippen LogP contribution in [0.5, 0.6) is 0 Å². The molecule has 2 aromatic carbocycles. The third kappa shape index (κ3) is 3.89. The molecule has 0 amide bonds. The maximum atomic E-state index is 11.7. The smallest absolute Gasteiger partial charge is 0.334 e. The van der Waals surface area contributed by atoms with Crippen molar-refractivity contribution in [1.29, 1.82) is 0 Å². The zero-order chi connectivity index (χ0) is 18.7. The van der Waals surface area contributed by atoms with Crippen LogP contribution < -0.4 is 10.6 Å². The minimum atomic E-state index is -0.514. The van der Waals surface area contributed by atoms with Crippen LogP contribution in [-0.2, 0) is 0 Å². The molecule has 0 radical (unpaired) electrons. The Balaban J connectivity index is 2.01. The molecular formula is C18H16ClN5O2. The number of anilines is 4. The van der Waals surface area contributed by atoms with Crippen LogP contribution >= 0.6 is 11.6 Å². The van der Waals surface area contributed by atoms with Crippen LogP contribution in [0.1, 0.15) is 11.1 Å². The van der Waals surface area contributed by atoms with E-state index in [1.165, 1.54) is 6.33 Å². The summed E-state index contributed by atoms with van der Waals surface area (Å²) in [4.78, 5) is 19.2. The topological polar surface area (TPSA) is 93.0 Å². The Labute approximate surface area is 155 Å². The molecule has 0 fully saturated rings. The van der Waals surface area contributed by atoms with Crippen LogP contribution in [0.2, 0.25) is 5.02 Å². The highest BCUT2D eigenvalue weighted by atomic mass is 35.5. The van der Waals surface area contributed by atoms with Crippen molar-refractivity contribution in [2.24, 2.45) is 0 Å². The summed E-state index contributed by atoms with van der Waals surface area (Å²) in [6.45, 7) is 3.81. The van der Waals surface area contributed by atoms with Crippen LogP contribution in [0.15, 0.2) is 48.8 Å². The van der Waals surface area contributed by atoms with Crippen molar-refractivity contribution in [2.45, 2.75) is 13.8 Å². The largest absolute Gasteiger partial charge is 0.353 e. The first-order valence-corrected chi connectivity index (χ1v) is 8.18. The monoisotopic (exact) mass is 369 g/mol. The molecule has 0 bridgehead atoms. The quantitative estimate of drug-likeness (QED) is 0.477. The van der Waals surface area contributed by atoms with Gasteiger partial charge in [0.2, 0.25) is 11.6 Å². The lowest BCUT2D eigenvalue weighted by molar-refractivity contribution is -0.383. The van der Waals surface area contributed by atoms with Gasteiger partial charge in [-0.2, -0.15) is 0 Å². The average Bonchev–Trinajstić information content (AvgIpc) is 2.58. The van der Waals surface area contributed by atoms with E-state index in [0.717, 1.165) is 11.1 Å². The second kappa shape index (κ2) is 7.37. The van der Waals surface area contributed by atoms with Crippen molar-refractivity contribution in [3.8, 4) is 0 Å². The maximum Gasteiger partial charge on any atom is 0.353 e. The number of nitrogens with one attached hydrogen (secondary N) is 2. The fourth-order valence-corrected chi connectivity index (χ4v) is 2.62. The van der Waals surface area contributed by atoms with Gasteiger partial charge in [0, 0.05) is 16.4 Å². The molecule has 1 heterocycles. The minimum absolute atomic E-state index is 0.0884. The molecule has 3 aromatic rings. The SMILES string of the molecule is Cc1cccc(Nc2ncnc(Nc3cc(Cl)ccc3C)c2[N+](=O)[O-])c1. The van der Waals surface area contributed by atoms with Crippen molar-refractivity contribution in [3.05, 3.63) is 75.1 Å². The Morgan fingerprint density at radius 3 is 2.46 bits per heavy atom. The highest BCUT2D eigenvalue weighted by Crippen LogP contribution is 2.34. The lowest BCUT2D eigenvalue weighted by Gasteiger charge is -2.12. The number of hydrogen-bond acceptors (Lipinski definition) is 6. The molecule has 0 atom stereocenters. The first-order chi connectivity index (χ1) is 12.4. The highest BCUT2D eigenvalue weighted by molar-refractivity contribution is 6.30. The van der Waals surface area contributed by atoms with Crippen molar-refractivity contribution in [2.75, 3.05) is 10.6 Å². The Bertz CT molecular complexity index is 978. The van der Waals surface area contributed by atoms with E-state index in [1.807, 2.05) is 44.2 Å². The average molecular weight is 370 g/mol. The molecule has 0 aliphatic carbocycles. The van der Waals surface area contributed by atoms with Crippen LogP contribution in [0.4, 0.5) is 28.7 Å². The number of nitrogens with zero attached hydrogens (tertiary/aromatic N) is 3. The Hall–Kier alpha value is -3.19. The molecule has 7 nitrogen and oxygen atoms in total. The number of rotatable bonds is 5. The van der Waals surface area contributed by atoms with E-state index in [2.05, 4.69) is 20.6 Å². The van der Waals surface area contributed by atoms with Crippen molar-refractivity contribution in [3.63, 3.8) is 0 Å². The van der Waals surface area contributed by atoms with Crippen molar-refractivity contribution in [1.82, 2.24) is 9.97 Å². The first kappa shape index (κ1) is 17.6. The first-order valence-electron chi connectivity index (χ1n) is 7.80. The number of nitro groups is 1. The molecular weight excluding hydrogens is 354 g/mol. The van der Waals surface area contributed by atoms with Gasteiger partial charge < -0.3 is 10.6 Å². The van der Waals surface area contributed by atoms with Gasteiger partial charge >= 0.3 is 5.69 Å². The predicted molar refractivity (Wildman–Crippen MR) is 103 cm³/mol. The van der Waals surface area contributed by atoms with E-state index in [-0.39, 0.29) is 17.3 Å². The summed E-state index contributed by atoms with van der Waals surface area (Å²) in [7, 11) is 0. The Morgan fingerprint density at radius 1 is 1.04 bits per heavy atom. The minimum Gasteiger partial charge on any atom is -0.334 e. The van der Waals surface area contributed by atoms with Crippen molar-refractivity contribution >= 4 is 40.3 Å². The third-order valence-electron chi connectivity index (χ3n) is 3.74. The molecule has 8 heteroatoms.